The monoisotopic (exact) mass is 148 g/mol. The molecule has 0 heterocycles. The fourth-order valence-corrected chi connectivity index (χ4v) is 1.43. The number of halogens is 1. The predicted octanol–water partition coefficient (Wildman–Crippen LogP) is 1.33. The molecular formula is C6H9ClO2. The van der Waals surface area contributed by atoms with Crippen LogP contribution in [0.1, 0.15) is 13.8 Å². The smallest absolute Gasteiger partial charge is 0.325 e. The highest BCUT2D eigenvalue weighted by atomic mass is 35.5. The normalized spacial score (nSPS) is 48.8. The van der Waals surface area contributed by atoms with Gasteiger partial charge in [-0.25, -0.2) is 0 Å². The molecule has 1 aliphatic carbocycles. The zero-order chi connectivity index (χ0) is 7.23. The average molecular weight is 149 g/mol. The van der Waals surface area contributed by atoms with Gasteiger partial charge in [-0.15, -0.1) is 11.6 Å². The third-order valence-corrected chi connectivity index (χ3v) is 3.14. The first-order valence-corrected chi connectivity index (χ1v) is 3.31. The van der Waals surface area contributed by atoms with Crippen LogP contribution in [0.4, 0.5) is 0 Å². The van der Waals surface area contributed by atoms with Crippen LogP contribution in [-0.4, -0.2) is 16.0 Å². The Morgan fingerprint density at radius 2 is 1.89 bits per heavy atom. The van der Waals surface area contributed by atoms with E-state index in [1.54, 1.807) is 0 Å². The molecule has 52 valence electrons. The third-order valence-electron chi connectivity index (χ3n) is 2.29. The summed E-state index contributed by atoms with van der Waals surface area (Å²) in [6, 6.07) is 0. The Labute approximate surface area is 58.8 Å². The number of carboxylic acids is 1. The molecule has 2 atom stereocenters. The minimum absolute atomic E-state index is 0.122. The van der Waals surface area contributed by atoms with Crippen LogP contribution in [0, 0.1) is 11.8 Å². The average Bonchev–Trinajstić information content (AvgIpc) is 2.22. The number of carboxylic acid groups (broad SMARTS) is 1. The van der Waals surface area contributed by atoms with Crippen molar-refractivity contribution in [3.63, 3.8) is 0 Å². The molecule has 0 amide bonds. The fraction of sp³-hybridized carbons (Fsp3) is 0.833. The summed E-state index contributed by atoms with van der Waals surface area (Å²) in [4.78, 5) is 9.43. The van der Waals surface area contributed by atoms with Crippen LogP contribution in [0.5, 0.6) is 0 Å². The van der Waals surface area contributed by atoms with Crippen LogP contribution in [0.2, 0.25) is 0 Å². The molecule has 1 N–H and O–H groups in total. The second kappa shape index (κ2) is 1.63. The van der Waals surface area contributed by atoms with Gasteiger partial charge in [0.2, 0.25) is 0 Å². The predicted molar refractivity (Wildman–Crippen MR) is 34.5 cm³/mol. The summed E-state index contributed by atoms with van der Waals surface area (Å²) >= 11 is 5.68. The maximum Gasteiger partial charge on any atom is 0.325 e. The van der Waals surface area contributed by atoms with E-state index < -0.39 is 10.8 Å². The molecular weight excluding hydrogens is 140 g/mol. The molecule has 9 heavy (non-hydrogen) atoms. The zero-order valence-electron chi connectivity index (χ0n) is 5.39. The van der Waals surface area contributed by atoms with Gasteiger partial charge in [-0.05, 0) is 11.8 Å². The second-order valence-electron chi connectivity index (χ2n) is 2.65. The van der Waals surface area contributed by atoms with Gasteiger partial charge in [-0.2, -0.15) is 0 Å². The molecule has 0 aliphatic heterocycles. The van der Waals surface area contributed by atoms with Gasteiger partial charge in [0.1, 0.15) is 4.87 Å². The van der Waals surface area contributed by atoms with E-state index >= 15 is 0 Å². The third kappa shape index (κ3) is 0.659. The number of carbonyl (C=O) groups is 1. The Kier molecular flexibility index (Phi) is 1.24. The SMILES string of the molecule is C[C@H]1[C@H](C)C1(Cl)C(=O)O. The minimum atomic E-state index is -0.944. The van der Waals surface area contributed by atoms with Crippen molar-refractivity contribution < 1.29 is 9.90 Å². The standard InChI is InChI=1S/C6H9ClO2/c1-3-4(2)6(3,7)5(8)9/h3-4H,1-2H3,(H,8,9)/t3-,4-/m0/s1. The lowest BCUT2D eigenvalue weighted by Gasteiger charge is -1.97. The zero-order valence-corrected chi connectivity index (χ0v) is 6.14. The second-order valence-corrected chi connectivity index (χ2v) is 3.28. The van der Waals surface area contributed by atoms with Crippen molar-refractivity contribution in [2.75, 3.05) is 0 Å². The van der Waals surface area contributed by atoms with E-state index in [-0.39, 0.29) is 11.8 Å². The van der Waals surface area contributed by atoms with E-state index in [1.807, 2.05) is 13.8 Å². The van der Waals surface area contributed by atoms with Crippen LogP contribution in [0.15, 0.2) is 0 Å². The Balaban J connectivity index is 2.71. The summed E-state index contributed by atoms with van der Waals surface area (Å²) in [5, 5.41) is 8.52. The largest absolute Gasteiger partial charge is 0.480 e. The van der Waals surface area contributed by atoms with E-state index in [0.717, 1.165) is 0 Å². The molecule has 0 bridgehead atoms. The number of rotatable bonds is 1. The molecule has 2 nitrogen and oxygen atoms in total. The van der Waals surface area contributed by atoms with Gasteiger partial charge in [0, 0.05) is 0 Å². The fourth-order valence-electron chi connectivity index (χ4n) is 1.11. The number of alkyl halides is 1. The van der Waals surface area contributed by atoms with Crippen molar-refractivity contribution in [1.29, 1.82) is 0 Å². The lowest BCUT2D eigenvalue weighted by molar-refractivity contribution is -0.138. The van der Waals surface area contributed by atoms with Gasteiger partial charge in [-0.1, -0.05) is 13.8 Å². The van der Waals surface area contributed by atoms with Crippen LogP contribution >= 0.6 is 11.6 Å². The Morgan fingerprint density at radius 1 is 1.56 bits per heavy atom. The van der Waals surface area contributed by atoms with Crippen LogP contribution < -0.4 is 0 Å². The molecule has 1 rings (SSSR count). The first kappa shape index (κ1) is 6.87. The summed E-state index contributed by atoms with van der Waals surface area (Å²) in [5.41, 5.74) is 0. The molecule has 0 aromatic carbocycles. The van der Waals surface area contributed by atoms with Crippen LogP contribution in [0.3, 0.4) is 0 Å². The van der Waals surface area contributed by atoms with E-state index in [1.165, 1.54) is 0 Å². The van der Waals surface area contributed by atoms with Gasteiger partial charge >= 0.3 is 5.97 Å². The Hall–Kier alpha value is -0.240. The summed E-state index contributed by atoms with van der Waals surface area (Å²) in [5.74, 6) is -0.641. The highest BCUT2D eigenvalue weighted by molar-refractivity contribution is 6.36. The summed E-state index contributed by atoms with van der Waals surface area (Å²) in [6.07, 6.45) is 0. The van der Waals surface area contributed by atoms with Gasteiger partial charge in [-0.3, -0.25) is 4.79 Å². The van der Waals surface area contributed by atoms with Gasteiger partial charge < -0.3 is 5.11 Å². The van der Waals surface area contributed by atoms with Crippen LogP contribution in [-0.2, 0) is 4.79 Å². The molecule has 0 radical (unpaired) electrons. The molecule has 1 aliphatic rings. The highest BCUT2D eigenvalue weighted by Gasteiger charge is 2.64. The lowest BCUT2D eigenvalue weighted by Crippen LogP contribution is -2.17. The van der Waals surface area contributed by atoms with Crippen molar-refractivity contribution in [1.82, 2.24) is 0 Å². The first-order chi connectivity index (χ1) is 4.01. The minimum Gasteiger partial charge on any atom is -0.480 e. The molecule has 0 aromatic rings. The van der Waals surface area contributed by atoms with E-state index in [4.69, 9.17) is 16.7 Å². The maximum absolute atomic E-state index is 10.4. The number of hydrogen-bond donors (Lipinski definition) is 1. The van der Waals surface area contributed by atoms with Crippen molar-refractivity contribution in [3.8, 4) is 0 Å². The molecule has 0 unspecified atom stereocenters. The molecule has 0 saturated heterocycles. The summed E-state index contributed by atoms with van der Waals surface area (Å²) in [6.45, 7) is 3.71. The quantitative estimate of drug-likeness (QED) is 0.570. The van der Waals surface area contributed by atoms with Gasteiger partial charge in [0.15, 0.2) is 0 Å². The Bertz CT molecular complexity index is 147. The van der Waals surface area contributed by atoms with Gasteiger partial charge in [0.05, 0.1) is 0 Å². The van der Waals surface area contributed by atoms with Gasteiger partial charge in [0.25, 0.3) is 0 Å². The van der Waals surface area contributed by atoms with E-state index in [2.05, 4.69) is 0 Å². The molecule has 0 aromatic heterocycles. The van der Waals surface area contributed by atoms with Crippen molar-refractivity contribution in [3.05, 3.63) is 0 Å². The molecule has 3 heteroatoms. The number of aliphatic carboxylic acids is 1. The Morgan fingerprint density at radius 3 is 1.89 bits per heavy atom. The summed E-state index contributed by atoms with van der Waals surface area (Å²) in [7, 11) is 0. The molecule has 0 spiro atoms. The molecule has 1 saturated carbocycles. The van der Waals surface area contributed by atoms with Crippen LogP contribution in [0.25, 0.3) is 0 Å². The van der Waals surface area contributed by atoms with E-state index in [9.17, 15) is 4.79 Å². The number of hydrogen-bond acceptors (Lipinski definition) is 1. The highest BCUT2D eigenvalue weighted by Crippen LogP contribution is 2.55. The first-order valence-electron chi connectivity index (χ1n) is 2.93. The van der Waals surface area contributed by atoms with Crippen molar-refractivity contribution >= 4 is 17.6 Å². The van der Waals surface area contributed by atoms with Crippen molar-refractivity contribution in [2.24, 2.45) is 11.8 Å². The maximum atomic E-state index is 10.4. The lowest BCUT2D eigenvalue weighted by atomic mass is 10.3. The van der Waals surface area contributed by atoms with Crippen molar-refractivity contribution in [2.45, 2.75) is 18.7 Å². The van der Waals surface area contributed by atoms with E-state index in [0.29, 0.717) is 0 Å². The summed E-state index contributed by atoms with van der Waals surface area (Å²) < 4.78 is 0. The molecule has 1 fully saturated rings. The topological polar surface area (TPSA) is 37.3 Å².